The molecule has 1 fully saturated rings. The highest BCUT2D eigenvalue weighted by Crippen LogP contribution is 2.43. The Balaban J connectivity index is 1.64. The van der Waals surface area contributed by atoms with Gasteiger partial charge in [-0.15, -0.1) is 5.10 Å². The number of fused-ring (bicyclic) bond motifs is 1. The summed E-state index contributed by atoms with van der Waals surface area (Å²) in [6, 6.07) is 7.71. The second-order valence-electron chi connectivity index (χ2n) is 7.38. The van der Waals surface area contributed by atoms with Crippen LogP contribution in [0.1, 0.15) is 18.0 Å². The minimum absolute atomic E-state index is 0.0946. The average Bonchev–Trinajstić information content (AvgIpc) is 3.25. The van der Waals surface area contributed by atoms with Gasteiger partial charge in [0.2, 0.25) is 0 Å². The van der Waals surface area contributed by atoms with Crippen LogP contribution >= 0.6 is 0 Å². The second-order valence-corrected chi connectivity index (χ2v) is 9.02. The molecule has 9 nitrogen and oxygen atoms in total. The highest BCUT2D eigenvalue weighted by Gasteiger charge is 2.46. The molecule has 0 spiro atoms. The minimum atomic E-state index is -3.81. The van der Waals surface area contributed by atoms with Crippen molar-refractivity contribution in [3.05, 3.63) is 54.0 Å². The molecular formula is C19H18F3N5O4S. The number of carbonyl (C=O) groups excluding carboxylic acids is 1. The normalized spacial score (nSPS) is 18.2. The first-order valence-corrected chi connectivity index (χ1v) is 11.2. The topological polar surface area (TPSA) is 106 Å². The quantitative estimate of drug-likeness (QED) is 0.553. The number of halogens is 3. The fraction of sp³-hybridized carbons (Fsp3) is 0.316. The maximum Gasteiger partial charge on any atom is 0.267 e. The molecular weight excluding hydrogens is 451 g/mol. The van der Waals surface area contributed by atoms with Gasteiger partial charge in [-0.2, -0.15) is 12.9 Å². The first-order chi connectivity index (χ1) is 15.0. The lowest BCUT2D eigenvalue weighted by Gasteiger charge is -2.25. The zero-order valence-corrected chi connectivity index (χ0v) is 17.5. The molecule has 1 aliphatic rings. The summed E-state index contributed by atoms with van der Waals surface area (Å²) in [4.78, 5) is 17.4. The third kappa shape index (κ3) is 4.83. The highest BCUT2D eigenvalue weighted by molar-refractivity contribution is 7.86. The van der Waals surface area contributed by atoms with Crippen molar-refractivity contribution in [2.45, 2.75) is 18.4 Å². The molecule has 3 heterocycles. The van der Waals surface area contributed by atoms with E-state index in [2.05, 4.69) is 19.6 Å². The Bertz CT molecular complexity index is 1280. The lowest BCUT2D eigenvalue weighted by Crippen LogP contribution is -2.28. The highest BCUT2D eigenvalue weighted by atomic mass is 32.2. The molecule has 0 radical (unpaired) electrons. The van der Waals surface area contributed by atoms with E-state index in [1.807, 2.05) is 0 Å². The lowest BCUT2D eigenvalue weighted by atomic mass is 10.0. The van der Waals surface area contributed by atoms with Gasteiger partial charge in [0, 0.05) is 6.42 Å². The monoisotopic (exact) mass is 469 g/mol. The maximum atomic E-state index is 14.3. The molecule has 0 bridgehead atoms. The Kier molecular flexibility index (Phi) is 5.54. The number of aromatic nitrogens is 3. The number of hydrogen-bond donors (Lipinski definition) is 1. The van der Waals surface area contributed by atoms with E-state index >= 15 is 0 Å². The van der Waals surface area contributed by atoms with Crippen molar-refractivity contribution in [3.63, 3.8) is 0 Å². The number of carbonyl (C=O) groups is 1. The molecule has 32 heavy (non-hydrogen) atoms. The van der Waals surface area contributed by atoms with Crippen molar-refractivity contribution in [2.75, 3.05) is 29.6 Å². The number of hydrogen-bond acceptors (Lipinski definition) is 7. The average molecular weight is 469 g/mol. The van der Waals surface area contributed by atoms with Crippen molar-refractivity contribution in [1.29, 1.82) is 0 Å². The fourth-order valence-electron chi connectivity index (χ4n) is 3.51. The van der Waals surface area contributed by atoms with Crippen LogP contribution in [0.5, 0.6) is 0 Å². The first-order valence-electron chi connectivity index (χ1n) is 9.40. The minimum Gasteiger partial charge on any atom is -0.342 e. The molecule has 1 amide bonds. The Labute approximate surface area is 180 Å². The zero-order valence-electron chi connectivity index (χ0n) is 16.7. The molecule has 1 aromatic carbocycles. The summed E-state index contributed by atoms with van der Waals surface area (Å²) < 4.78 is 70.1. The maximum absolute atomic E-state index is 14.3. The molecule has 170 valence electrons. The SMILES string of the molecule is CS(=O)(=O)OCC(=O)Nc1cnc2ccc(N3CC(F)(F)C[C@@H]3c3cccc(F)c3)nn12. The fourth-order valence-corrected chi connectivity index (χ4v) is 3.83. The number of imidazole rings is 1. The van der Waals surface area contributed by atoms with Gasteiger partial charge in [0.05, 0.1) is 25.0 Å². The van der Waals surface area contributed by atoms with Gasteiger partial charge in [0.25, 0.3) is 21.9 Å². The summed E-state index contributed by atoms with van der Waals surface area (Å²) in [5.74, 6) is -4.04. The Morgan fingerprint density at radius 3 is 2.81 bits per heavy atom. The van der Waals surface area contributed by atoms with Gasteiger partial charge in [-0.05, 0) is 29.8 Å². The van der Waals surface area contributed by atoms with Crippen molar-refractivity contribution in [2.24, 2.45) is 0 Å². The molecule has 1 N–H and O–H groups in total. The second kappa shape index (κ2) is 8.06. The van der Waals surface area contributed by atoms with E-state index in [-0.39, 0.29) is 11.6 Å². The molecule has 1 aliphatic heterocycles. The summed E-state index contributed by atoms with van der Waals surface area (Å²) in [5.41, 5.74) is 0.711. The largest absolute Gasteiger partial charge is 0.342 e. The zero-order chi connectivity index (χ0) is 23.1. The van der Waals surface area contributed by atoms with Crippen LogP contribution in [0.2, 0.25) is 0 Å². The predicted octanol–water partition coefficient (Wildman–Crippen LogP) is 2.37. The number of rotatable bonds is 6. The Morgan fingerprint density at radius 1 is 1.31 bits per heavy atom. The van der Waals surface area contributed by atoms with E-state index in [1.165, 1.54) is 45.9 Å². The van der Waals surface area contributed by atoms with Crippen LogP contribution in [-0.4, -0.2) is 54.3 Å². The van der Waals surface area contributed by atoms with E-state index in [1.54, 1.807) is 6.07 Å². The number of nitrogens with one attached hydrogen (secondary N) is 1. The first kappa shape index (κ1) is 22.0. The van der Waals surface area contributed by atoms with Gasteiger partial charge in [-0.3, -0.25) is 8.98 Å². The molecule has 2 aromatic heterocycles. The van der Waals surface area contributed by atoms with Crippen LogP contribution in [0.15, 0.2) is 42.6 Å². The number of amides is 1. The molecule has 3 aromatic rings. The number of anilines is 2. The smallest absolute Gasteiger partial charge is 0.267 e. The van der Waals surface area contributed by atoms with Crippen LogP contribution < -0.4 is 10.2 Å². The van der Waals surface area contributed by atoms with E-state index in [9.17, 15) is 26.4 Å². The summed E-state index contributed by atoms with van der Waals surface area (Å²) in [5, 5.41) is 6.74. The third-order valence-corrected chi connectivity index (χ3v) is 5.36. The van der Waals surface area contributed by atoms with Gasteiger partial charge in [0.1, 0.15) is 18.2 Å². The number of benzene rings is 1. The van der Waals surface area contributed by atoms with Gasteiger partial charge < -0.3 is 10.2 Å². The molecule has 0 unspecified atom stereocenters. The van der Waals surface area contributed by atoms with Crippen molar-refractivity contribution in [1.82, 2.24) is 14.6 Å². The van der Waals surface area contributed by atoms with Crippen molar-refractivity contribution < 1.29 is 30.6 Å². The van der Waals surface area contributed by atoms with Crippen LogP contribution in [0.3, 0.4) is 0 Å². The Morgan fingerprint density at radius 2 is 2.09 bits per heavy atom. The summed E-state index contributed by atoms with van der Waals surface area (Å²) in [6.07, 6.45) is 1.59. The number of nitrogens with zero attached hydrogens (tertiary/aromatic N) is 4. The summed E-state index contributed by atoms with van der Waals surface area (Å²) in [7, 11) is -3.81. The molecule has 13 heteroatoms. The van der Waals surface area contributed by atoms with Crippen LogP contribution in [-0.2, 0) is 19.1 Å². The van der Waals surface area contributed by atoms with Crippen LogP contribution in [0.25, 0.3) is 5.65 Å². The molecule has 1 saturated heterocycles. The Hall–Kier alpha value is -3.19. The molecule has 1 atom stereocenters. The van der Waals surface area contributed by atoms with Gasteiger partial charge in [-0.25, -0.2) is 18.2 Å². The van der Waals surface area contributed by atoms with Crippen molar-refractivity contribution in [3.8, 4) is 0 Å². The van der Waals surface area contributed by atoms with Crippen molar-refractivity contribution >= 4 is 33.3 Å². The van der Waals surface area contributed by atoms with E-state index < -0.39 is 53.4 Å². The van der Waals surface area contributed by atoms with Gasteiger partial charge in [0.15, 0.2) is 11.5 Å². The summed E-state index contributed by atoms with van der Waals surface area (Å²) in [6.45, 7) is -1.36. The predicted molar refractivity (Wildman–Crippen MR) is 108 cm³/mol. The molecule has 0 saturated carbocycles. The number of alkyl halides is 2. The van der Waals surface area contributed by atoms with Crippen LogP contribution in [0.4, 0.5) is 24.8 Å². The summed E-state index contributed by atoms with van der Waals surface area (Å²) >= 11 is 0. The van der Waals surface area contributed by atoms with Crippen LogP contribution in [0, 0.1) is 5.82 Å². The van der Waals surface area contributed by atoms with Gasteiger partial charge in [-0.1, -0.05) is 12.1 Å². The lowest BCUT2D eigenvalue weighted by molar-refractivity contribution is -0.118. The van der Waals surface area contributed by atoms with E-state index in [0.717, 1.165) is 6.26 Å². The van der Waals surface area contributed by atoms with E-state index in [0.29, 0.717) is 11.2 Å². The van der Waals surface area contributed by atoms with E-state index in [4.69, 9.17) is 0 Å². The standard InChI is InChI=1S/C19H18F3N5O4S/c1-32(29,30)31-10-18(28)24-17-9-23-15-5-6-16(25-27(15)17)26-11-19(21,22)8-14(26)12-3-2-4-13(20)7-12/h2-7,9,14H,8,10-11H2,1H3,(H,24,28)/t14-/m1/s1. The van der Waals surface area contributed by atoms with Gasteiger partial charge >= 0.3 is 0 Å². The molecule has 4 rings (SSSR count). The third-order valence-electron chi connectivity index (χ3n) is 4.82. The molecule has 0 aliphatic carbocycles.